The maximum absolute atomic E-state index is 12.9. The molecule has 1 aliphatic rings. The third kappa shape index (κ3) is 4.43. The number of carboxylic acids is 1. The second kappa shape index (κ2) is 8.03. The van der Waals surface area contributed by atoms with E-state index in [1.165, 1.54) is 43.3 Å². The van der Waals surface area contributed by atoms with Gasteiger partial charge < -0.3 is 20.6 Å². The number of urea groups is 1. The number of rotatable bonds is 4. The quantitative estimate of drug-likeness (QED) is 0.746. The molecule has 0 saturated carbocycles. The van der Waals surface area contributed by atoms with Crippen LogP contribution in [0.5, 0.6) is 0 Å². The van der Waals surface area contributed by atoms with Gasteiger partial charge in [-0.3, -0.25) is 4.79 Å². The Bertz CT molecular complexity index is 917. The molecule has 0 aliphatic carbocycles. The molecule has 3 rings (SSSR count). The molecule has 9 heteroatoms. The van der Waals surface area contributed by atoms with Gasteiger partial charge >= 0.3 is 12.0 Å². The van der Waals surface area contributed by atoms with Gasteiger partial charge in [0.1, 0.15) is 11.5 Å². The molecule has 1 aromatic heterocycles. The first kappa shape index (κ1) is 19.3. The minimum absolute atomic E-state index is 0.0509. The van der Waals surface area contributed by atoms with Crippen molar-refractivity contribution in [1.29, 1.82) is 0 Å². The molecule has 2 heterocycles. The van der Waals surface area contributed by atoms with Crippen LogP contribution in [0.2, 0.25) is 0 Å². The number of nitrogens with one attached hydrogen (secondary N) is 2. The summed E-state index contributed by atoms with van der Waals surface area (Å²) in [7, 11) is 0. The molecule has 1 atom stereocenters. The minimum atomic E-state index is -1.10. The first-order valence-electron chi connectivity index (χ1n) is 8.67. The number of hydrogen-bond donors (Lipinski definition) is 3. The highest BCUT2D eigenvalue weighted by atomic mass is 19.1. The van der Waals surface area contributed by atoms with Crippen LogP contribution in [0.15, 0.2) is 36.4 Å². The topological polar surface area (TPSA) is 112 Å². The van der Waals surface area contributed by atoms with E-state index in [0.717, 1.165) is 0 Å². The summed E-state index contributed by atoms with van der Waals surface area (Å²) in [6.45, 7) is 2.30. The number of likely N-dealkylation sites (tertiary alicyclic amines) is 1. The Kier molecular flexibility index (Phi) is 5.53. The van der Waals surface area contributed by atoms with E-state index in [4.69, 9.17) is 5.11 Å². The van der Waals surface area contributed by atoms with Crippen molar-refractivity contribution in [2.45, 2.75) is 19.4 Å². The number of aromatic nitrogens is 1. The largest absolute Gasteiger partial charge is 0.478 e. The number of carbonyl (C=O) groups excluding carboxylic acids is 2. The van der Waals surface area contributed by atoms with E-state index in [2.05, 4.69) is 15.6 Å². The Morgan fingerprint density at radius 1 is 1.18 bits per heavy atom. The summed E-state index contributed by atoms with van der Waals surface area (Å²) in [6, 6.07) is 7.48. The number of nitrogens with zero attached hydrogens (tertiary/aromatic N) is 2. The van der Waals surface area contributed by atoms with Crippen LogP contribution in [0.1, 0.15) is 33.0 Å². The molecule has 1 aliphatic heterocycles. The lowest BCUT2D eigenvalue weighted by molar-refractivity contribution is 0.0693. The SMILES string of the molecule is Cc1nc(C(=O)N2CCC(NC(=O)Nc3ccc(F)cc3)C2)ccc1C(=O)O. The average Bonchev–Trinajstić information content (AvgIpc) is 3.11. The summed E-state index contributed by atoms with van der Waals surface area (Å²) in [6.07, 6.45) is 0.578. The molecule has 0 spiro atoms. The number of anilines is 1. The highest BCUT2D eigenvalue weighted by molar-refractivity contribution is 5.95. The molecule has 1 fully saturated rings. The molecule has 28 heavy (non-hydrogen) atoms. The van der Waals surface area contributed by atoms with Gasteiger partial charge in [0.05, 0.1) is 11.3 Å². The van der Waals surface area contributed by atoms with Crippen LogP contribution in [0, 0.1) is 12.7 Å². The van der Waals surface area contributed by atoms with E-state index in [1.54, 1.807) is 4.90 Å². The fourth-order valence-electron chi connectivity index (χ4n) is 3.02. The molecule has 1 unspecified atom stereocenters. The van der Waals surface area contributed by atoms with Gasteiger partial charge in [0.15, 0.2) is 0 Å². The monoisotopic (exact) mass is 386 g/mol. The fourth-order valence-corrected chi connectivity index (χ4v) is 3.02. The van der Waals surface area contributed by atoms with Crippen LogP contribution in [-0.2, 0) is 0 Å². The molecule has 3 amide bonds. The number of benzene rings is 1. The first-order valence-corrected chi connectivity index (χ1v) is 8.67. The summed E-state index contributed by atoms with van der Waals surface area (Å²) >= 11 is 0. The first-order chi connectivity index (χ1) is 13.3. The summed E-state index contributed by atoms with van der Waals surface area (Å²) in [5.41, 5.74) is 0.947. The van der Waals surface area contributed by atoms with Crippen molar-refractivity contribution in [3.05, 3.63) is 59.2 Å². The minimum Gasteiger partial charge on any atom is -0.478 e. The number of hydrogen-bond acceptors (Lipinski definition) is 4. The summed E-state index contributed by atoms with van der Waals surface area (Å²) in [4.78, 5) is 41.3. The molecule has 1 aromatic carbocycles. The van der Waals surface area contributed by atoms with E-state index in [1.807, 2.05) is 0 Å². The summed E-state index contributed by atoms with van der Waals surface area (Å²) < 4.78 is 12.9. The Hall–Kier alpha value is -3.49. The lowest BCUT2D eigenvalue weighted by Crippen LogP contribution is -2.40. The molecule has 2 aromatic rings. The molecule has 3 N–H and O–H groups in total. The van der Waals surface area contributed by atoms with Gasteiger partial charge in [-0.2, -0.15) is 0 Å². The number of amides is 3. The second-order valence-corrected chi connectivity index (χ2v) is 6.48. The van der Waals surface area contributed by atoms with E-state index >= 15 is 0 Å². The van der Waals surface area contributed by atoms with Gasteiger partial charge in [-0.15, -0.1) is 0 Å². The molecule has 8 nitrogen and oxygen atoms in total. The lowest BCUT2D eigenvalue weighted by atomic mass is 10.2. The predicted octanol–water partition coefficient (Wildman–Crippen LogP) is 2.26. The van der Waals surface area contributed by atoms with Gasteiger partial charge in [0, 0.05) is 24.8 Å². The standard InChI is InChI=1S/C19H19FN4O4/c1-11-15(18(26)27)6-7-16(21-11)17(25)24-9-8-14(10-24)23-19(28)22-13-4-2-12(20)3-5-13/h2-7,14H,8-10H2,1H3,(H,26,27)(H2,22,23,28). The van der Waals surface area contributed by atoms with Crippen molar-refractivity contribution in [3.8, 4) is 0 Å². The number of aryl methyl sites for hydroxylation is 1. The molecule has 0 radical (unpaired) electrons. The number of carboxylic acid groups (broad SMARTS) is 1. The van der Waals surface area contributed by atoms with Crippen molar-refractivity contribution < 1.29 is 23.9 Å². The molecule has 146 valence electrons. The van der Waals surface area contributed by atoms with Crippen LogP contribution in [0.25, 0.3) is 0 Å². The smallest absolute Gasteiger partial charge is 0.337 e. The Morgan fingerprint density at radius 2 is 1.89 bits per heavy atom. The Morgan fingerprint density at radius 3 is 2.54 bits per heavy atom. The number of halogens is 1. The van der Waals surface area contributed by atoms with Gasteiger partial charge in [-0.05, 0) is 49.7 Å². The Balaban J connectivity index is 1.56. The zero-order valence-corrected chi connectivity index (χ0v) is 15.1. The van der Waals surface area contributed by atoms with E-state index < -0.39 is 17.8 Å². The number of pyridine rings is 1. The van der Waals surface area contributed by atoms with E-state index in [9.17, 15) is 18.8 Å². The normalized spacial score (nSPS) is 15.9. The predicted molar refractivity (Wildman–Crippen MR) is 98.8 cm³/mol. The second-order valence-electron chi connectivity index (χ2n) is 6.48. The van der Waals surface area contributed by atoms with Gasteiger partial charge in [-0.25, -0.2) is 19.0 Å². The summed E-state index contributed by atoms with van der Waals surface area (Å²) in [5, 5.41) is 14.4. The van der Waals surface area contributed by atoms with Crippen LogP contribution < -0.4 is 10.6 Å². The van der Waals surface area contributed by atoms with Crippen molar-refractivity contribution in [3.63, 3.8) is 0 Å². The van der Waals surface area contributed by atoms with E-state index in [0.29, 0.717) is 25.2 Å². The fraction of sp³-hybridized carbons (Fsp3) is 0.263. The lowest BCUT2D eigenvalue weighted by Gasteiger charge is -2.17. The van der Waals surface area contributed by atoms with Crippen molar-refractivity contribution in [1.82, 2.24) is 15.2 Å². The molecule has 0 bridgehead atoms. The highest BCUT2D eigenvalue weighted by Crippen LogP contribution is 2.15. The van der Waals surface area contributed by atoms with Crippen molar-refractivity contribution in [2.24, 2.45) is 0 Å². The average molecular weight is 386 g/mol. The van der Waals surface area contributed by atoms with Crippen LogP contribution in [-0.4, -0.2) is 52.0 Å². The van der Waals surface area contributed by atoms with Crippen LogP contribution in [0.4, 0.5) is 14.9 Å². The molecular formula is C19H19FN4O4. The molecule has 1 saturated heterocycles. The third-order valence-corrected chi connectivity index (χ3v) is 4.45. The van der Waals surface area contributed by atoms with Gasteiger partial charge in [-0.1, -0.05) is 0 Å². The molecular weight excluding hydrogens is 367 g/mol. The third-order valence-electron chi connectivity index (χ3n) is 4.45. The Labute approximate surface area is 160 Å². The van der Waals surface area contributed by atoms with Crippen LogP contribution >= 0.6 is 0 Å². The number of aromatic carboxylic acids is 1. The van der Waals surface area contributed by atoms with Gasteiger partial charge in [0.25, 0.3) is 5.91 Å². The zero-order chi connectivity index (χ0) is 20.3. The maximum atomic E-state index is 12.9. The van der Waals surface area contributed by atoms with Crippen molar-refractivity contribution >= 4 is 23.6 Å². The zero-order valence-electron chi connectivity index (χ0n) is 15.1. The van der Waals surface area contributed by atoms with Gasteiger partial charge in [0.2, 0.25) is 0 Å². The highest BCUT2D eigenvalue weighted by Gasteiger charge is 2.29. The van der Waals surface area contributed by atoms with Crippen LogP contribution in [0.3, 0.4) is 0 Å². The van der Waals surface area contributed by atoms with Crippen molar-refractivity contribution in [2.75, 3.05) is 18.4 Å². The maximum Gasteiger partial charge on any atom is 0.337 e. The summed E-state index contributed by atoms with van der Waals surface area (Å²) in [5.74, 6) is -1.80. The van der Waals surface area contributed by atoms with E-state index in [-0.39, 0.29) is 28.9 Å². The number of carbonyl (C=O) groups is 3.